The van der Waals surface area contributed by atoms with Gasteiger partial charge in [-0.1, -0.05) is 59.3 Å². The zero-order valence-electron chi connectivity index (χ0n) is 16.8. The van der Waals surface area contributed by atoms with Crippen molar-refractivity contribution in [2.75, 3.05) is 23.3 Å². The highest BCUT2D eigenvalue weighted by molar-refractivity contribution is 9.10. The lowest BCUT2D eigenvalue weighted by Gasteiger charge is -2.33. The van der Waals surface area contributed by atoms with Crippen molar-refractivity contribution in [3.05, 3.63) is 70.7 Å². The Morgan fingerprint density at radius 2 is 1.70 bits per heavy atom. The number of benzene rings is 3. The average Bonchev–Trinajstić information content (AvgIpc) is 2.75. The van der Waals surface area contributed by atoms with Crippen molar-refractivity contribution < 1.29 is 4.79 Å². The van der Waals surface area contributed by atoms with Gasteiger partial charge in [0, 0.05) is 23.1 Å². The van der Waals surface area contributed by atoms with Gasteiger partial charge in [0.15, 0.2) is 5.11 Å². The molecule has 2 N–H and O–H groups in total. The van der Waals surface area contributed by atoms with Crippen LogP contribution in [0.1, 0.15) is 30.1 Å². The molecular formula is C24H24BrN3OS. The molecule has 4 nitrogen and oxygen atoms in total. The van der Waals surface area contributed by atoms with Crippen molar-refractivity contribution in [2.24, 2.45) is 5.92 Å². The SMILES string of the molecule is CC1CCN(c2ccccc2NC(=S)NC(=O)c2cccc3c(Br)cccc23)CC1. The second-order valence-corrected chi connectivity index (χ2v) is 9.00. The van der Waals surface area contributed by atoms with Crippen molar-refractivity contribution >= 4 is 61.3 Å². The Kier molecular flexibility index (Phi) is 6.35. The van der Waals surface area contributed by atoms with E-state index in [1.54, 1.807) is 0 Å². The number of fused-ring (bicyclic) bond motifs is 1. The van der Waals surface area contributed by atoms with Crippen LogP contribution < -0.4 is 15.5 Å². The Balaban J connectivity index is 1.50. The summed E-state index contributed by atoms with van der Waals surface area (Å²) in [5, 5.41) is 8.24. The molecule has 0 saturated carbocycles. The summed E-state index contributed by atoms with van der Waals surface area (Å²) < 4.78 is 0.958. The maximum Gasteiger partial charge on any atom is 0.258 e. The summed E-state index contributed by atoms with van der Waals surface area (Å²) in [6.45, 7) is 4.37. The van der Waals surface area contributed by atoms with Crippen LogP contribution in [0.2, 0.25) is 0 Å². The Morgan fingerprint density at radius 3 is 2.50 bits per heavy atom. The number of thiocarbonyl (C=S) groups is 1. The number of hydrogen-bond donors (Lipinski definition) is 2. The Labute approximate surface area is 190 Å². The number of carbonyl (C=O) groups is 1. The molecule has 0 spiro atoms. The van der Waals surface area contributed by atoms with Crippen LogP contribution in [0.5, 0.6) is 0 Å². The van der Waals surface area contributed by atoms with Crippen LogP contribution in [-0.4, -0.2) is 24.1 Å². The van der Waals surface area contributed by atoms with E-state index in [1.807, 2.05) is 54.6 Å². The van der Waals surface area contributed by atoms with Gasteiger partial charge in [0.2, 0.25) is 0 Å². The molecule has 0 radical (unpaired) electrons. The quantitative estimate of drug-likeness (QED) is 0.452. The number of hydrogen-bond acceptors (Lipinski definition) is 3. The van der Waals surface area contributed by atoms with Crippen LogP contribution in [0.25, 0.3) is 10.8 Å². The molecule has 1 aliphatic heterocycles. The van der Waals surface area contributed by atoms with E-state index in [-0.39, 0.29) is 5.91 Å². The Morgan fingerprint density at radius 1 is 1.00 bits per heavy atom. The molecule has 0 unspecified atom stereocenters. The van der Waals surface area contributed by atoms with E-state index in [0.29, 0.717) is 10.7 Å². The molecular weight excluding hydrogens is 458 g/mol. The second kappa shape index (κ2) is 9.14. The predicted octanol–water partition coefficient (Wildman–Crippen LogP) is 5.97. The van der Waals surface area contributed by atoms with Crippen molar-refractivity contribution in [1.29, 1.82) is 0 Å². The van der Waals surface area contributed by atoms with Gasteiger partial charge in [-0.25, -0.2) is 0 Å². The lowest BCUT2D eigenvalue weighted by molar-refractivity contribution is 0.0979. The number of carbonyl (C=O) groups excluding carboxylic acids is 1. The molecule has 1 aliphatic rings. The van der Waals surface area contributed by atoms with Crippen molar-refractivity contribution in [1.82, 2.24) is 5.32 Å². The molecule has 1 fully saturated rings. The smallest absolute Gasteiger partial charge is 0.258 e. The first-order valence-electron chi connectivity index (χ1n) is 10.2. The first-order chi connectivity index (χ1) is 14.5. The highest BCUT2D eigenvalue weighted by atomic mass is 79.9. The van der Waals surface area contributed by atoms with Gasteiger partial charge in [-0.3, -0.25) is 10.1 Å². The first-order valence-corrected chi connectivity index (χ1v) is 11.4. The lowest BCUT2D eigenvalue weighted by Crippen LogP contribution is -2.36. The highest BCUT2D eigenvalue weighted by Gasteiger charge is 2.19. The summed E-state index contributed by atoms with van der Waals surface area (Å²) in [5.41, 5.74) is 2.63. The van der Waals surface area contributed by atoms with E-state index < -0.39 is 0 Å². The zero-order valence-corrected chi connectivity index (χ0v) is 19.2. The molecule has 3 aromatic rings. The van der Waals surface area contributed by atoms with E-state index in [9.17, 15) is 4.79 Å². The summed E-state index contributed by atoms with van der Waals surface area (Å²) in [6, 6.07) is 19.6. The monoisotopic (exact) mass is 481 g/mol. The zero-order chi connectivity index (χ0) is 21.1. The molecule has 1 saturated heterocycles. The van der Waals surface area contributed by atoms with Gasteiger partial charge in [0.1, 0.15) is 0 Å². The van der Waals surface area contributed by atoms with Gasteiger partial charge in [0.25, 0.3) is 5.91 Å². The van der Waals surface area contributed by atoms with Crippen LogP contribution >= 0.6 is 28.1 Å². The summed E-state index contributed by atoms with van der Waals surface area (Å²) in [7, 11) is 0. The summed E-state index contributed by atoms with van der Waals surface area (Å²) in [5.74, 6) is 0.544. The maximum atomic E-state index is 12.9. The van der Waals surface area contributed by atoms with E-state index in [1.165, 1.54) is 12.8 Å². The minimum atomic E-state index is -0.222. The summed E-state index contributed by atoms with van der Waals surface area (Å²) in [4.78, 5) is 15.3. The molecule has 4 rings (SSSR count). The number of piperidine rings is 1. The fourth-order valence-electron chi connectivity index (χ4n) is 3.90. The van der Waals surface area contributed by atoms with Crippen LogP contribution in [0.4, 0.5) is 11.4 Å². The molecule has 6 heteroatoms. The standard InChI is InChI=1S/C24H24BrN3OS/c1-16-12-14-28(15-13-16)22-11-3-2-10-21(22)26-24(30)27-23(29)19-8-4-7-18-17(19)6-5-9-20(18)25/h2-11,16H,12-15H2,1H3,(H2,26,27,29,30). The van der Waals surface area contributed by atoms with Crippen molar-refractivity contribution in [2.45, 2.75) is 19.8 Å². The fourth-order valence-corrected chi connectivity index (χ4v) is 4.60. The normalized spacial score (nSPS) is 14.5. The average molecular weight is 482 g/mol. The van der Waals surface area contributed by atoms with Crippen LogP contribution in [0.3, 0.4) is 0 Å². The van der Waals surface area contributed by atoms with Crippen LogP contribution in [-0.2, 0) is 0 Å². The lowest BCUT2D eigenvalue weighted by atomic mass is 9.98. The number of nitrogens with zero attached hydrogens (tertiary/aromatic N) is 1. The molecule has 0 bridgehead atoms. The summed E-state index contributed by atoms with van der Waals surface area (Å²) in [6.07, 6.45) is 2.37. The first kappa shape index (κ1) is 20.8. The topological polar surface area (TPSA) is 44.4 Å². The number of nitrogens with one attached hydrogen (secondary N) is 2. The van der Waals surface area contributed by atoms with Gasteiger partial charge in [-0.2, -0.15) is 0 Å². The van der Waals surface area contributed by atoms with E-state index >= 15 is 0 Å². The van der Waals surface area contributed by atoms with Crippen molar-refractivity contribution in [3.63, 3.8) is 0 Å². The number of para-hydroxylation sites is 2. The molecule has 1 heterocycles. The maximum absolute atomic E-state index is 12.9. The largest absolute Gasteiger partial charge is 0.370 e. The number of rotatable bonds is 3. The van der Waals surface area contributed by atoms with Gasteiger partial charge in [-0.15, -0.1) is 0 Å². The molecule has 3 aromatic carbocycles. The van der Waals surface area contributed by atoms with Crippen molar-refractivity contribution in [3.8, 4) is 0 Å². The van der Waals surface area contributed by atoms with Gasteiger partial charge < -0.3 is 10.2 Å². The van der Waals surface area contributed by atoms with E-state index in [4.69, 9.17) is 12.2 Å². The second-order valence-electron chi connectivity index (χ2n) is 7.74. The number of amides is 1. The minimum Gasteiger partial charge on any atom is -0.370 e. The third-order valence-electron chi connectivity index (χ3n) is 5.62. The van der Waals surface area contributed by atoms with Gasteiger partial charge in [0.05, 0.1) is 11.4 Å². The van der Waals surface area contributed by atoms with Crippen LogP contribution in [0.15, 0.2) is 65.1 Å². The fraction of sp³-hybridized carbons (Fsp3) is 0.250. The van der Waals surface area contributed by atoms with E-state index in [2.05, 4.69) is 44.5 Å². The Bertz CT molecular complexity index is 1090. The van der Waals surface area contributed by atoms with Gasteiger partial charge >= 0.3 is 0 Å². The van der Waals surface area contributed by atoms with E-state index in [0.717, 1.165) is 45.6 Å². The molecule has 154 valence electrons. The Hall–Kier alpha value is -2.44. The minimum absolute atomic E-state index is 0.222. The van der Waals surface area contributed by atoms with Gasteiger partial charge in [-0.05, 0) is 66.0 Å². The number of halogens is 1. The predicted molar refractivity (Wildman–Crippen MR) is 132 cm³/mol. The molecule has 1 amide bonds. The third-order valence-corrected chi connectivity index (χ3v) is 6.51. The molecule has 0 atom stereocenters. The molecule has 30 heavy (non-hydrogen) atoms. The summed E-state index contributed by atoms with van der Waals surface area (Å²) >= 11 is 9.02. The molecule has 0 aromatic heterocycles. The third kappa shape index (κ3) is 4.50. The molecule has 0 aliphatic carbocycles. The van der Waals surface area contributed by atoms with Crippen LogP contribution in [0, 0.1) is 5.92 Å². The highest BCUT2D eigenvalue weighted by Crippen LogP contribution is 2.30. The number of anilines is 2.